The van der Waals surface area contributed by atoms with Crippen molar-refractivity contribution in [2.75, 3.05) is 17.2 Å². The van der Waals surface area contributed by atoms with Crippen LogP contribution in [0.15, 0.2) is 23.4 Å². The summed E-state index contributed by atoms with van der Waals surface area (Å²) in [6, 6.07) is 3.12. The lowest BCUT2D eigenvalue weighted by Gasteiger charge is -2.11. The van der Waals surface area contributed by atoms with Gasteiger partial charge in [0.15, 0.2) is 0 Å². The number of nitrogens with one attached hydrogen (secondary N) is 3. The second kappa shape index (κ2) is 3.90. The van der Waals surface area contributed by atoms with Gasteiger partial charge in [-0.3, -0.25) is 9.59 Å². The molecule has 0 aromatic heterocycles. The minimum absolute atomic E-state index is 0.211. The van der Waals surface area contributed by atoms with E-state index >= 15 is 0 Å². The number of amides is 2. The molecule has 0 saturated carbocycles. The molecule has 2 aliphatic rings. The van der Waals surface area contributed by atoms with Crippen molar-refractivity contribution < 1.29 is 9.59 Å². The van der Waals surface area contributed by atoms with Gasteiger partial charge in [0, 0.05) is 0 Å². The smallest absolute Gasteiger partial charge is 0.268 e. The van der Waals surface area contributed by atoms with Crippen LogP contribution in [-0.4, -0.2) is 18.4 Å². The zero-order chi connectivity index (χ0) is 12.9. The van der Waals surface area contributed by atoms with Crippen LogP contribution < -0.4 is 16.0 Å². The molecule has 1 aromatic rings. The number of benzene rings is 1. The Morgan fingerprint density at radius 3 is 2.22 bits per heavy atom. The van der Waals surface area contributed by atoms with Gasteiger partial charge in [-0.15, -0.1) is 0 Å². The molecule has 0 saturated heterocycles. The molecule has 3 rings (SSSR count). The van der Waals surface area contributed by atoms with E-state index in [-0.39, 0.29) is 24.1 Å². The summed E-state index contributed by atoms with van der Waals surface area (Å²) in [5, 5.41) is 8.86. The largest absolute Gasteiger partial charge is 0.349 e. The first-order chi connectivity index (χ1) is 8.56. The lowest BCUT2D eigenvalue weighted by Crippen LogP contribution is -2.22. The van der Waals surface area contributed by atoms with Gasteiger partial charge >= 0.3 is 0 Å². The molecular weight excluding hydrogens is 277 g/mol. The standard InChI is InChI=1S/C11H7Cl2N3O2/c12-5-1-7-8(2-6(5)13)16-10(17)4-3-14-11(18)9(4)15-7/h1-2,15H,3H2,(H,14,18)(H,16,17). The van der Waals surface area contributed by atoms with Gasteiger partial charge in [0.05, 0.1) is 33.5 Å². The SMILES string of the molecule is O=C1Nc2cc(Cl)c(Cl)cc2NC2=C1CNC2=O. The van der Waals surface area contributed by atoms with Crippen molar-refractivity contribution >= 4 is 46.4 Å². The Labute approximate surface area is 112 Å². The zero-order valence-corrected chi connectivity index (χ0v) is 10.4. The van der Waals surface area contributed by atoms with E-state index in [4.69, 9.17) is 23.2 Å². The van der Waals surface area contributed by atoms with Crippen molar-refractivity contribution in [1.82, 2.24) is 5.32 Å². The van der Waals surface area contributed by atoms with E-state index in [1.54, 1.807) is 12.1 Å². The minimum atomic E-state index is -0.326. The van der Waals surface area contributed by atoms with Gasteiger partial charge < -0.3 is 16.0 Å². The fraction of sp³-hybridized carbons (Fsp3) is 0.0909. The third-order valence-corrected chi connectivity index (χ3v) is 3.52. The number of anilines is 2. The molecule has 0 aliphatic carbocycles. The molecule has 0 atom stereocenters. The second-order valence-electron chi connectivity index (χ2n) is 3.93. The Bertz CT molecular complexity index is 625. The molecule has 7 heteroatoms. The highest BCUT2D eigenvalue weighted by molar-refractivity contribution is 6.42. The first-order valence-electron chi connectivity index (χ1n) is 5.15. The summed E-state index contributed by atoms with van der Waals surface area (Å²) in [5.74, 6) is -0.632. The molecule has 5 nitrogen and oxygen atoms in total. The van der Waals surface area contributed by atoms with Crippen LogP contribution in [0, 0.1) is 0 Å². The zero-order valence-electron chi connectivity index (χ0n) is 8.93. The number of hydrogen-bond acceptors (Lipinski definition) is 3. The van der Waals surface area contributed by atoms with Crippen molar-refractivity contribution in [3.63, 3.8) is 0 Å². The fourth-order valence-electron chi connectivity index (χ4n) is 1.89. The highest BCUT2D eigenvalue weighted by Gasteiger charge is 2.31. The lowest BCUT2D eigenvalue weighted by atomic mass is 10.2. The Morgan fingerprint density at radius 1 is 0.944 bits per heavy atom. The van der Waals surface area contributed by atoms with Crippen LogP contribution in [0.5, 0.6) is 0 Å². The van der Waals surface area contributed by atoms with Crippen LogP contribution in [0.4, 0.5) is 11.4 Å². The molecular formula is C11H7Cl2N3O2. The van der Waals surface area contributed by atoms with E-state index in [2.05, 4.69) is 16.0 Å². The highest BCUT2D eigenvalue weighted by Crippen LogP contribution is 2.35. The van der Waals surface area contributed by atoms with Gasteiger partial charge in [0.1, 0.15) is 5.70 Å². The third kappa shape index (κ3) is 1.63. The van der Waals surface area contributed by atoms with Crippen LogP contribution >= 0.6 is 23.2 Å². The quantitative estimate of drug-likeness (QED) is 0.679. The molecule has 2 aliphatic heterocycles. The molecule has 0 fully saturated rings. The van der Waals surface area contributed by atoms with Crippen molar-refractivity contribution in [1.29, 1.82) is 0 Å². The molecule has 92 valence electrons. The van der Waals surface area contributed by atoms with Crippen LogP contribution in [0.25, 0.3) is 0 Å². The maximum Gasteiger partial charge on any atom is 0.268 e. The first-order valence-corrected chi connectivity index (χ1v) is 5.90. The monoisotopic (exact) mass is 283 g/mol. The molecule has 2 heterocycles. The molecule has 0 unspecified atom stereocenters. The Balaban J connectivity index is 2.14. The number of carbonyl (C=O) groups is 2. The lowest BCUT2D eigenvalue weighted by molar-refractivity contribution is -0.116. The molecule has 2 amide bonds. The van der Waals surface area contributed by atoms with Crippen molar-refractivity contribution in [2.45, 2.75) is 0 Å². The van der Waals surface area contributed by atoms with Gasteiger partial charge in [-0.1, -0.05) is 23.2 Å². The average molecular weight is 284 g/mol. The first kappa shape index (κ1) is 11.4. The van der Waals surface area contributed by atoms with Crippen LogP contribution in [0.3, 0.4) is 0 Å². The van der Waals surface area contributed by atoms with Crippen LogP contribution in [-0.2, 0) is 9.59 Å². The summed E-state index contributed by atoms with van der Waals surface area (Å²) >= 11 is 11.8. The topological polar surface area (TPSA) is 70.2 Å². The summed E-state index contributed by atoms with van der Waals surface area (Å²) < 4.78 is 0. The van der Waals surface area contributed by atoms with Gasteiger partial charge in [-0.05, 0) is 12.1 Å². The summed E-state index contributed by atoms with van der Waals surface area (Å²) in [7, 11) is 0. The normalized spacial score (nSPS) is 17.4. The van der Waals surface area contributed by atoms with E-state index < -0.39 is 0 Å². The van der Waals surface area contributed by atoms with E-state index in [9.17, 15) is 9.59 Å². The number of halogens is 2. The molecule has 0 radical (unpaired) electrons. The molecule has 18 heavy (non-hydrogen) atoms. The maximum atomic E-state index is 11.9. The van der Waals surface area contributed by atoms with Gasteiger partial charge in [-0.25, -0.2) is 0 Å². The van der Waals surface area contributed by atoms with E-state index in [0.29, 0.717) is 27.0 Å². The van der Waals surface area contributed by atoms with Crippen LogP contribution in [0.2, 0.25) is 10.0 Å². The van der Waals surface area contributed by atoms with Crippen LogP contribution in [0.1, 0.15) is 0 Å². The summed E-state index contributed by atoms with van der Waals surface area (Å²) in [6.07, 6.45) is 0. The predicted octanol–water partition coefficient (Wildman–Crippen LogP) is 1.74. The Hall–Kier alpha value is -1.72. The summed E-state index contributed by atoms with van der Waals surface area (Å²) in [4.78, 5) is 23.5. The minimum Gasteiger partial charge on any atom is -0.349 e. The summed E-state index contributed by atoms with van der Waals surface area (Å²) in [6.45, 7) is 0.211. The number of rotatable bonds is 0. The number of hydrogen-bond donors (Lipinski definition) is 3. The van der Waals surface area contributed by atoms with Crippen molar-refractivity contribution in [3.8, 4) is 0 Å². The van der Waals surface area contributed by atoms with E-state index in [1.165, 1.54) is 0 Å². The van der Waals surface area contributed by atoms with Crippen molar-refractivity contribution in [3.05, 3.63) is 33.4 Å². The molecule has 0 spiro atoms. The van der Waals surface area contributed by atoms with Gasteiger partial charge in [0.25, 0.3) is 11.8 Å². The highest BCUT2D eigenvalue weighted by atomic mass is 35.5. The van der Waals surface area contributed by atoms with Gasteiger partial charge in [-0.2, -0.15) is 0 Å². The molecule has 0 bridgehead atoms. The van der Waals surface area contributed by atoms with E-state index in [0.717, 1.165) is 0 Å². The van der Waals surface area contributed by atoms with Crippen molar-refractivity contribution in [2.24, 2.45) is 0 Å². The predicted molar refractivity (Wildman–Crippen MR) is 68.8 cm³/mol. The Kier molecular flexibility index (Phi) is 2.46. The van der Waals surface area contributed by atoms with Gasteiger partial charge in [0.2, 0.25) is 0 Å². The average Bonchev–Trinajstić information content (AvgIpc) is 2.61. The third-order valence-electron chi connectivity index (χ3n) is 2.80. The second-order valence-corrected chi connectivity index (χ2v) is 4.74. The fourth-order valence-corrected chi connectivity index (χ4v) is 2.22. The number of carbonyl (C=O) groups excluding carboxylic acids is 2. The molecule has 3 N–H and O–H groups in total. The maximum absolute atomic E-state index is 11.9. The summed E-state index contributed by atoms with van der Waals surface area (Å²) in [5.41, 5.74) is 1.67. The molecule has 1 aromatic carbocycles. The van der Waals surface area contributed by atoms with E-state index in [1.807, 2.05) is 0 Å². The Morgan fingerprint density at radius 2 is 1.56 bits per heavy atom. The number of fused-ring (bicyclic) bond motifs is 1.